The van der Waals surface area contributed by atoms with Crippen LogP contribution in [0.4, 0.5) is 0 Å². The summed E-state index contributed by atoms with van der Waals surface area (Å²) < 4.78 is 7.66. The lowest BCUT2D eigenvalue weighted by molar-refractivity contribution is 0.0403. The molecule has 0 bridgehead atoms. The number of nitrogens with zero attached hydrogens (tertiary/aromatic N) is 1. The first-order valence-corrected chi connectivity index (χ1v) is 12.3. The zero-order valence-electron chi connectivity index (χ0n) is 17.5. The molecule has 0 saturated carbocycles. The van der Waals surface area contributed by atoms with E-state index in [0.717, 1.165) is 30.5 Å². The first-order valence-electron chi connectivity index (χ1n) is 9.94. The normalized spacial score (nSPS) is 13.4. The third kappa shape index (κ3) is 3.84. The maximum atomic E-state index is 13.2. The summed E-state index contributed by atoms with van der Waals surface area (Å²) >= 11 is 10.4. The van der Waals surface area contributed by atoms with Gasteiger partial charge in [0.25, 0.3) is 11.8 Å². The van der Waals surface area contributed by atoms with Crippen LogP contribution in [0.1, 0.15) is 62.1 Å². The average Bonchev–Trinajstić information content (AvgIpc) is 3.13. The van der Waals surface area contributed by atoms with Crippen molar-refractivity contribution in [3.63, 3.8) is 0 Å². The second-order valence-electron chi connectivity index (χ2n) is 7.91. The molecule has 1 N–H and O–H groups in total. The Hall–Kier alpha value is -1.97. The molecule has 0 fully saturated rings. The van der Waals surface area contributed by atoms with E-state index in [1.807, 2.05) is 26.8 Å². The fraction of sp³-hybridized carbons (Fsp3) is 0.261. The molecule has 0 unspecified atom stereocenters. The lowest BCUT2D eigenvalue weighted by Crippen LogP contribution is -2.42. The zero-order valence-corrected chi connectivity index (χ0v) is 22.3. The quantitative estimate of drug-likeness (QED) is 0.265. The SMILES string of the molecule is Cc1c[nH]c(C(C)C)c1C(=O)OCCN1C(=O)c2cc(Br)cc3c(Br)c(Br)cc(c23)C1=O. The van der Waals surface area contributed by atoms with Crippen molar-refractivity contribution in [1.82, 2.24) is 9.88 Å². The van der Waals surface area contributed by atoms with Gasteiger partial charge in [-0.3, -0.25) is 14.5 Å². The van der Waals surface area contributed by atoms with Crippen LogP contribution in [-0.4, -0.2) is 40.8 Å². The Morgan fingerprint density at radius 2 is 1.75 bits per heavy atom. The van der Waals surface area contributed by atoms with Gasteiger partial charge in [0.2, 0.25) is 0 Å². The number of nitrogens with one attached hydrogen (secondary N) is 1. The minimum Gasteiger partial charge on any atom is -0.460 e. The number of hydrogen-bond acceptors (Lipinski definition) is 4. The molecule has 32 heavy (non-hydrogen) atoms. The molecule has 4 rings (SSSR count). The topological polar surface area (TPSA) is 79.5 Å². The number of amides is 2. The Bertz CT molecular complexity index is 1270. The molecule has 0 saturated heterocycles. The van der Waals surface area contributed by atoms with Crippen LogP contribution < -0.4 is 0 Å². The van der Waals surface area contributed by atoms with Crippen LogP contribution in [0, 0.1) is 6.92 Å². The van der Waals surface area contributed by atoms with Crippen LogP contribution in [0.2, 0.25) is 0 Å². The largest absolute Gasteiger partial charge is 0.460 e. The molecule has 2 amide bonds. The number of carbonyl (C=O) groups is 3. The second-order valence-corrected chi connectivity index (χ2v) is 10.5. The maximum absolute atomic E-state index is 13.2. The fourth-order valence-corrected chi connectivity index (χ4v) is 5.28. The Labute approximate surface area is 210 Å². The summed E-state index contributed by atoms with van der Waals surface area (Å²) in [7, 11) is 0. The number of halogens is 3. The molecule has 6 nitrogen and oxygen atoms in total. The number of aromatic amines is 1. The number of ether oxygens (including phenoxy) is 1. The highest BCUT2D eigenvalue weighted by atomic mass is 79.9. The van der Waals surface area contributed by atoms with Crippen molar-refractivity contribution in [3.05, 3.63) is 65.8 Å². The third-order valence-electron chi connectivity index (χ3n) is 5.48. The number of esters is 1. The monoisotopic (exact) mass is 624 g/mol. The van der Waals surface area contributed by atoms with E-state index in [4.69, 9.17) is 4.74 Å². The van der Waals surface area contributed by atoms with E-state index in [0.29, 0.717) is 26.5 Å². The van der Waals surface area contributed by atoms with Crippen LogP contribution in [0.15, 0.2) is 37.8 Å². The number of carbonyl (C=O) groups excluding carboxylic acids is 3. The van der Waals surface area contributed by atoms with Gasteiger partial charge in [-0.25, -0.2) is 4.79 Å². The Morgan fingerprint density at radius 3 is 2.41 bits per heavy atom. The first kappa shape index (κ1) is 23.2. The minimum absolute atomic E-state index is 0.0367. The van der Waals surface area contributed by atoms with E-state index >= 15 is 0 Å². The minimum atomic E-state index is -0.471. The second kappa shape index (κ2) is 8.76. The molecule has 1 aromatic heterocycles. The molecular formula is C23H19Br3N2O4. The van der Waals surface area contributed by atoms with Crippen LogP contribution >= 0.6 is 47.8 Å². The third-order valence-corrected chi connectivity index (χ3v) is 7.95. The Balaban J connectivity index is 1.59. The molecule has 2 heterocycles. The van der Waals surface area contributed by atoms with E-state index in [1.165, 1.54) is 0 Å². The lowest BCUT2D eigenvalue weighted by Gasteiger charge is -2.28. The van der Waals surface area contributed by atoms with Crippen LogP contribution in [0.3, 0.4) is 0 Å². The van der Waals surface area contributed by atoms with Crippen molar-refractivity contribution in [2.45, 2.75) is 26.7 Å². The predicted molar refractivity (Wildman–Crippen MR) is 132 cm³/mol. The van der Waals surface area contributed by atoms with Gasteiger partial charge >= 0.3 is 5.97 Å². The smallest absolute Gasteiger partial charge is 0.340 e. The molecule has 1 aliphatic rings. The van der Waals surface area contributed by atoms with Crippen LogP contribution in [0.25, 0.3) is 10.8 Å². The van der Waals surface area contributed by atoms with E-state index in [2.05, 4.69) is 52.8 Å². The van der Waals surface area contributed by atoms with Crippen molar-refractivity contribution in [1.29, 1.82) is 0 Å². The van der Waals surface area contributed by atoms with Gasteiger partial charge in [-0.2, -0.15) is 0 Å². The number of aromatic nitrogens is 1. The van der Waals surface area contributed by atoms with Gasteiger partial charge in [-0.05, 0) is 73.9 Å². The van der Waals surface area contributed by atoms with Gasteiger partial charge in [-0.1, -0.05) is 29.8 Å². The Kier molecular flexibility index (Phi) is 6.35. The Morgan fingerprint density at radius 1 is 1.09 bits per heavy atom. The van der Waals surface area contributed by atoms with Gasteiger partial charge in [0.15, 0.2) is 0 Å². The van der Waals surface area contributed by atoms with Crippen LogP contribution in [-0.2, 0) is 4.74 Å². The number of rotatable bonds is 5. The fourth-order valence-electron chi connectivity index (χ4n) is 3.96. The maximum Gasteiger partial charge on any atom is 0.340 e. The molecule has 0 aliphatic carbocycles. The highest BCUT2D eigenvalue weighted by Crippen LogP contribution is 2.40. The van der Waals surface area contributed by atoms with Crippen molar-refractivity contribution < 1.29 is 19.1 Å². The molecule has 0 atom stereocenters. The molecular weight excluding hydrogens is 608 g/mol. The molecule has 0 spiro atoms. The van der Waals surface area contributed by atoms with E-state index in [-0.39, 0.29) is 19.1 Å². The zero-order chi connectivity index (χ0) is 23.3. The van der Waals surface area contributed by atoms with Gasteiger partial charge in [0, 0.05) is 41.8 Å². The predicted octanol–water partition coefficient (Wildman–Crippen LogP) is 6.34. The summed E-state index contributed by atoms with van der Waals surface area (Å²) in [5.41, 5.74) is 2.95. The van der Waals surface area contributed by atoms with Gasteiger partial charge in [0.1, 0.15) is 6.61 Å². The first-order chi connectivity index (χ1) is 15.1. The van der Waals surface area contributed by atoms with E-state index < -0.39 is 17.8 Å². The van der Waals surface area contributed by atoms with Gasteiger partial charge in [-0.15, -0.1) is 0 Å². The number of aryl methyl sites for hydroxylation is 1. The van der Waals surface area contributed by atoms with Crippen molar-refractivity contribution >= 4 is 76.3 Å². The molecule has 0 radical (unpaired) electrons. The number of imide groups is 1. The number of benzene rings is 2. The van der Waals surface area contributed by atoms with E-state index in [1.54, 1.807) is 18.3 Å². The summed E-state index contributed by atoms with van der Waals surface area (Å²) in [4.78, 5) is 43.3. The summed E-state index contributed by atoms with van der Waals surface area (Å²) in [6.07, 6.45) is 1.77. The summed E-state index contributed by atoms with van der Waals surface area (Å²) in [6.45, 7) is 5.68. The molecule has 9 heteroatoms. The van der Waals surface area contributed by atoms with Crippen molar-refractivity contribution in [2.75, 3.05) is 13.2 Å². The number of hydrogen-bond donors (Lipinski definition) is 1. The summed E-state index contributed by atoms with van der Waals surface area (Å²) in [6, 6.07) is 5.27. The molecule has 1 aliphatic heterocycles. The highest BCUT2D eigenvalue weighted by Gasteiger charge is 2.34. The summed E-state index contributed by atoms with van der Waals surface area (Å²) in [5, 5.41) is 1.37. The lowest BCUT2D eigenvalue weighted by atomic mass is 9.94. The van der Waals surface area contributed by atoms with Gasteiger partial charge in [0.05, 0.1) is 12.1 Å². The van der Waals surface area contributed by atoms with E-state index in [9.17, 15) is 14.4 Å². The molecule has 2 aromatic carbocycles. The van der Waals surface area contributed by atoms with Gasteiger partial charge < -0.3 is 9.72 Å². The molecule has 3 aromatic rings. The molecule has 166 valence electrons. The summed E-state index contributed by atoms with van der Waals surface area (Å²) in [5.74, 6) is -1.18. The standard InChI is InChI=1S/C23H19Br3N2O4/c1-10(2)20-17(11(3)9-27-20)23(31)32-5-4-28-21(29)14-7-12(24)6-13-18(14)15(22(28)30)8-16(25)19(13)26/h6-10,27H,4-5H2,1-3H3. The van der Waals surface area contributed by atoms with Crippen LogP contribution in [0.5, 0.6) is 0 Å². The van der Waals surface area contributed by atoms with Crippen molar-refractivity contribution in [2.24, 2.45) is 0 Å². The average molecular weight is 627 g/mol. The number of H-pyrrole nitrogens is 1. The highest BCUT2D eigenvalue weighted by molar-refractivity contribution is 9.13. The van der Waals surface area contributed by atoms with Crippen molar-refractivity contribution in [3.8, 4) is 0 Å².